The highest BCUT2D eigenvalue weighted by molar-refractivity contribution is 6.30. The Morgan fingerprint density at radius 2 is 1.76 bits per heavy atom. The van der Waals surface area contributed by atoms with Gasteiger partial charge in [-0.15, -0.1) is 0 Å². The molecule has 2 aromatic rings. The minimum absolute atomic E-state index is 0.160. The average Bonchev–Trinajstić information content (AvgIpc) is 2.63. The fourth-order valence-electron chi connectivity index (χ4n) is 3.23. The molecule has 2 aromatic carbocycles. The number of nitrogens with zero attached hydrogens (tertiary/aromatic N) is 2. The Hall–Kier alpha value is -2.20. The Balaban J connectivity index is 1.74. The van der Waals surface area contributed by atoms with Crippen LogP contribution in [0.4, 0.5) is 5.69 Å². The lowest BCUT2D eigenvalue weighted by atomic mass is 10.0. The van der Waals surface area contributed by atoms with Crippen molar-refractivity contribution in [3.05, 3.63) is 53.6 Å². The van der Waals surface area contributed by atoms with Gasteiger partial charge in [-0.05, 0) is 49.2 Å². The van der Waals surface area contributed by atoms with E-state index in [1.165, 1.54) is 0 Å². The van der Waals surface area contributed by atoms with Crippen molar-refractivity contribution in [3.63, 3.8) is 0 Å². The smallest absolute Gasteiger partial charge is 0.219 e. The van der Waals surface area contributed by atoms with Crippen LogP contribution in [0.5, 0.6) is 11.5 Å². The summed E-state index contributed by atoms with van der Waals surface area (Å²) in [5, 5.41) is 0.690. The van der Waals surface area contributed by atoms with E-state index in [2.05, 4.69) is 18.0 Å². The Bertz CT molecular complexity index is 725. The molecule has 0 unspecified atom stereocenters. The van der Waals surface area contributed by atoms with Gasteiger partial charge in [0.2, 0.25) is 5.91 Å². The van der Waals surface area contributed by atoms with Gasteiger partial charge in [-0.25, -0.2) is 0 Å². The van der Waals surface area contributed by atoms with E-state index in [4.69, 9.17) is 16.3 Å². The van der Waals surface area contributed by atoms with E-state index in [1.54, 1.807) is 6.92 Å². The first-order valence-corrected chi connectivity index (χ1v) is 8.93. The summed E-state index contributed by atoms with van der Waals surface area (Å²) in [4.78, 5) is 15.7. The molecule has 0 radical (unpaired) electrons. The predicted molar refractivity (Wildman–Crippen MR) is 102 cm³/mol. The predicted octanol–water partition coefficient (Wildman–Crippen LogP) is 4.58. The first kappa shape index (κ1) is 17.6. The molecule has 1 heterocycles. The molecular weight excluding hydrogens is 336 g/mol. The molecule has 5 heteroatoms. The van der Waals surface area contributed by atoms with Crippen LogP contribution < -0.4 is 9.64 Å². The van der Waals surface area contributed by atoms with Crippen LogP contribution in [0.25, 0.3) is 0 Å². The minimum atomic E-state index is 0.160. The van der Waals surface area contributed by atoms with Crippen LogP contribution in [-0.4, -0.2) is 37.0 Å². The maximum Gasteiger partial charge on any atom is 0.219 e. The van der Waals surface area contributed by atoms with Crippen molar-refractivity contribution < 1.29 is 9.53 Å². The number of hydrogen-bond acceptors (Lipinski definition) is 3. The van der Waals surface area contributed by atoms with Crippen molar-refractivity contribution in [1.82, 2.24) is 4.90 Å². The van der Waals surface area contributed by atoms with E-state index in [0.717, 1.165) is 43.1 Å². The molecule has 4 nitrogen and oxygen atoms in total. The zero-order valence-corrected chi connectivity index (χ0v) is 15.4. The summed E-state index contributed by atoms with van der Waals surface area (Å²) in [6.07, 6.45) is 1.93. The van der Waals surface area contributed by atoms with E-state index in [-0.39, 0.29) is 5.91 Å². The van der Waals surface area contributed by atoms with Gasteiger partial charge < -0.3 is 14.5 Å². The lowest BCUT2D eigenvalue weighted by Crippen LogP contribution is -2.45. The molecule has 0 N–H and O–H groups in total. The summed E-state index contributed by atoms with van der Waals surface area (Å²) in [5.41, 5.74) is 1.05. The summed E-state index contributed by atoms with van der Waals surface area (Å²) in [5.74, 6) is 1.74. The van der Waals surface area contributed by atoms with Gasteiger partial charge in [-0.1, -0.05) is 23.7 Å². The second-order valence-electron chi connectivity index (χ2n) is 6.37. The lowest BCUT2D eigenvalue weighted by Gasteiger charge is -2.38. The molecule has 1 amide bonds. The number of halogens is 1. The quantitative estimate of drug-likeness (QED) is 0.802. The van der Waals surface area contributed by atoms with Crippen molar-refractivity contribution >= 4 is 23.2 Å². The number of benzene rings is 2. The van der Waals surface area contributed by atoms with Crippen molar-refractivity contribution in [2.45, 2.75) is 25.8 Å². The second kappa shape index (κ2) is 7.79. The third-order valence-corrected chi connectivity index (χ3v) is 5.00. The zero-order valence-electron chi connectivity index (χ0n) is 14.6. The highest BCUT2D eigenvalue weighted by Gasteiger charge is 2.25. The Morgan fingerprint density at radius 1 is 1.12 bits per heavy atom. The maximum absolute atomic E-state index is 11.5. The molecule has 0 atom stereocenters. The molecule has 1 aliphatic rings. The summed E-state index contributed by atoms with van der Waals surface area (Å²) in [6, 6.07) is 15.8. The van der Waals surface area contributed by atoms with Crippen LogP contribution >= 0.6 is 11.6 Å². The third-order valence-electron chi connectivity index (χ3n) is 4.74. The van der Waals surface area contributed by atoms with Gasteiger partial charge in [0.1, 0.15) is 5.75 Å². The van der Waals surface area contributed by atoms with E-state index in [1.807, 2.05) is 47.4 Å². The van der Waals surface area contributed by atoms with E-state index < -0.39 is 0 Å². The van der Waals surface area contributed by atoms with Gasteiger partial charge >= 0.3 is 0 Å². The fraction of sp³-hybridized carbons (Fsp3) is 0.350. The summed E-state index contributed by atoms with van der Waals surface area (Å²) in [7, 11) is 2.10. The van der Waals surface area contributed by atoms with Crippen molar-refractivity contribution in [2.75, 3.05) is 25.0 Å². The number of carbonyl (C=O) groups excluding carboxylic acids is 1. The van der Waals surface area contributed by atoms with Gasteiger partial charge in [-0.3, -0.25) is 4.79 Å². The molecule has 132 valence electrons. The molecule has 1 fully saturated rings. The van der Waals surface area contributed by atoms with Gasteiger partial charge in [-0.2, -0.15) is 0 Å². The minimum Gasteiger partial charge on any atom is -0.455 e. The second-order valence-corrected chi connectivity index (χ2v) is 6.81. The topological polar surface area (TPSA) is 32.8 Å². The number of likely N-dealkylation sites (tertiary alicyclic amines) is 1. The number of amides is 1. The largest absolute Gasteiger partial charge is 0.455 e. The SMILES string of the molecule is CC(=O)N1CCC(N(C)c2ccccc2Oc2ccc(Cl)cc2)CC1. The summed E-state index contributed by atoms with van der Waals surface area (Å²) in [6.45, 7) is 3.26. The number of piperidine rings is 1. The number of ether oxygens (including phenoxy) is 1. The number of anilines is 1. The number of para-hydroxylation sites is 2. The maximum atomic E-state index is 11.5. The molecule has 3 rings (SSSR count). The van der Waals surface area contributed by atoms with Crippen LogP contribution in [0.3, 0.4) is 0 Å². The molecule has 0 bridgehead atoms. The first-order chi connectivity index (χ1) is 12.0. The Kier molecular flexibility index (Phi) is 5.49. The average molecular weight is 359 g/mol. The molecule has 0 aliphatic carbocycles. The highest BCUT2D eigenvalue weighted by atomic mass is 35.5. The van der Waals surface area contributed by atoms with Crippen LogP contribution in [0, 0.1) is 0 Å². The normalized spacial score (nSPS) is 15.1. The molecule has 0 aromatic heterocycles. The van der Waals surface area contributed by atoms with E-state index in [0.29, 0.717) is 11.1 Å². The Labute approximate surface area is 154 Å². The van der Waals surface area contributed by atoms with Gasteiger partial charge in [0.25, 0.3) is 0 Å². The zero-order chi connectivity index (χ0) is 17.8. The summed E-state index contributed by atoms with van der Waals surface area (Å²) >= 11 is 5.94. The Morgan fingerprint density at radius 3 is 2.40 bits per heavy atom. The number of rotatable bonds is 4. The lowest BCUT2D eigenvalue weighted by molar-refractivity contribution is -0.129. The summed E-state index contributed by atoms with van der Waals surface area (Å²) < 4.78 is 6.07. The third kappa shape index (κ3) is 4.26. The van der Waals surface area contributed by atoms with Crippen LogP contribution in [0.15, 0.2) is 48.5 Å². The van der Waals surface area contributed by atoms with Crippen LogP contribution in [0.1, 0.15) is 19.8 Å². The van der Waals surface area contributed by atoms with Crippen LogP contribution in [0.2, 0.25) is 5.02 Å². The van der Waals surface area contributed by atoms with Gasteiger partial charge in [0.15, 0.2) is 5.75 Å². The number of hydrogen-bond donors (Lipinski definition) is 0. The van der Waals surface area contributed by atoms with Gasteiger partial charge in [0, 0.05) is 38.1 Å². The molecule has 1 aliphatic heterocycles. The van der Waals surface area contributed by atoms with Crippen molar-refractivity contribution in [2.24, 2.45) is 0 Å². The molecule has 0 saturated carbocycles. The molecular formula is C20H23ClN2O2. The first-order valence-electron chi connectivity index (χ1n) is 8.55. The van der Waals surface area contributed by atoms with E-state index in [9.17, 15) is 4.79 Å². The van der Waals surface area contributed by atoms with Gasteiger partial charge in [0.05, 0.1) is 5.69 Å². The number of carbonyl (C=O) groups is 1. The molecule has 1 saturated heterocycles. The van der Waals surface area contributed by atoms with Crippen molar-refractivity contribution in [3.8, 4) is 11.5 Å². The molecule has 0 spiro atoms. The highest BCUT2D eigenvalue weighted by Crippen LogP contribution is 2.34. The van der Waals surface area contributed by atoms with E-state index >= 15 is 0 Å². The fourth-order valence-corrected chi connectivity index (χ4v) is 3.36. The van der Waals surface area contributed by atoms with Crippen LogP contribution in [-0.2, 0) is 4.79 Å². The monoisotopic (exact) mass is 358 g/mol. The molecule has 25 heavy (non-hydrogen) atoms. The standard InChI is InChI=1S/C20H23ClN2O2/c1-15(24)23-13-11-17(12-14-23)22(2)19-5-3-4-6-20(19)25-18-9-7-16(21)8-10-18/h3-10,17H,11-14H2,1-2H3. The van der Waals surface area contributed by atoms with Crippen molar-refractivity contribution in [1.29, 1.82) is 0 Å².